The second-order valence-corrected chi connectivity index (χ2v) is 11.1. The maximum absolute atomic E-state index is 6.37. The number of nitrogens with zero attached hydrogens (tertiary/aromatic N) is 1. The van der Waals surface area contributed by atoms with Gasteiger partial charge in [-0.15, -0.1) is 0 Å². The zero-order chi connectivity index (χ0) is 27.4. The Morgan fingerprint density at radius 2 is 1.21 bits per heavy atom. The summed E-state index contributed by atoms with van der Waals surface area (Å²) < 4.78 is 12.6. The second-order valence-electron chi connectivity index (χ2n) is 11.1. The van der Waals surface area contributed by atoms with Crippen molar-refractivity contribution in [2.45, 2.75) is 0 Å². The molecule has 3 nitrogen and oxygen atoms in total. The molecule has 0 atom stereocenters. The summed E-state index contributed by atoms with van der Waals surface area (Å²) in [6.45, 7) is 0. The van der Waals surface area contributed by atoms with Crippen LogP contribution in [0.5, 0.6) is 0 Å². The van der Waals surface area contributed by atoms with Crippen LogP contribution in [0.2, 0.25) is 0 Å². The van der Waals surface area contributed by atoms with Gasteiger partial charge in [-0.1, -0.05) is 91.0 Å². The predicted molar refractivity (Wildman–Crippen MR) is 172 cm³/mol. The third-order valence-corrected chi connectivity index (χ3v) is 8.85. The Hall–Kier alpha value is -5.67. The van der Waals surface area contributed by atoms with E-state index in [-0.39, 0.29) is 0 Å². The highest BCUT2D eigenvalue weighted by molar-refractivity contribution is 6.26. The minimum Gasteiger partial charge on any atom is -0.455 e. The van der Waals surface area contributed by atoms with Crippen LogP contribution in [0.1, 0.15) is 0 Å². The Bertz CT molecular complexity index is 2570. The van der Waals surface area contributed by atoms with E-state index in [9.17, 15) is 0 Å². The first-order valence-corrected chi connectivity index (χ1v) is 14.2. The van der Waals surface area contributed by atoms with Crippen molar-refractivity contribution < 1.29 is 8.83 Å². The normalized spacial score (nSPS) is 12.3. The van der Waals surface area contributed by atoms with Crippen molar-refractivity contribution in [3.8, 4) is 44.8 Å². The molecule has 42 heavy (non-hydrogen) atoms. The third kappa shape index (κ3) is 2.92. The number of rotatable bonds is 2. The molecule has 0 spiro atoms. The monoisotopic (exact) mass is 535 g/mol. The second kappa shape index (κ2) is 7.96. The Labute approximate surface area is 240 Å². The first kappa shape index (κ1) is 22.1. The number of hydrogen-bond donors (Lipinski definition) is 0. The van der Waals surface area contributed by atoms with E-state index >= 15 is 0 Å². The summed E-state index contributed by atoms with van der Waals surface area (Å²) in [7, 11) is 0. The Morgan fingerprint density at radius 3 is 2.14 bits per heavy atom. The topological polar surface area (TPSA) is 39.2 Å². The lowest BCUT2D eigenvalue weighted by molar-refractivity contribution is 0.623. The van der Waals surface area contributed by atoms with Gasteiger partial charge in [0.15, 0.2) is 5.58 Å². The summed E-state index contributed by atoms with van der Waals surface area (Å²) in [6, 6.07) is 44.9. The molecule has 7 aromatic carbocycles. The van der Waals surface area contributed by atoms with Crippen molar-refractivity contribution in [2.24, 2.45) is 0 Å². The summed E-state index contributed by atoms with van der Waals surface area (Å²) in [5.41, 5.74) is 12.0. The number of fused-ring (bicyclic) bond motifs is 10. The van der Waals surface area contributed by atoms with E-state index in [0.717, 1.165) is 49.6 Å². The molecule has 1 aliphatic rings. The molecule has 10 rings (SSSR count). The zero-order valence-corrected chi connectivity index (χ0v) is 22.4. The number of aromatic nitrogens is 1. The molecule has 1 aliphatic carbocycles. The molecule has 0 aliphatic heterocycles. The van der Waals surface area contributed by atoms with E-state index in [2.05, 4.69) is 97.1 Å². The Kier molecular flexibility index (Phi) is 4.18. The van der Waals surface area contributed by atoms with E-state index in [1.54, 1.807) is 0 Å². The molecule has 3 heteroatoms. The highest BCUT2D eigenvalue weighted by atomic mass is 16.3. The highest BCUT2D eigenvalue weighted by Crippen LogP contribution is 2.51. The van der Waals surface area contributed by atoms with Gasteiger partial charge in [-0.3, -0.25) is 0 Å². The van der Waals surface area contributed by atoms with Gasteiger partial charge < -0.3 is 8.83 Å². The molecule has 0 amide bonds. The maximum Gasteiger partial charge on any atom is 0.227 e. The minimum atomic E-state index is 0.640. The Morgan fingerprint density at radius 1 is 0.429 bits per heavy atom. The summed E-state index contributed by atoms with van der Waals surface area (Å²) in [5, 5.41) is 7.01. The lowest BCUT2D eigenvalue weighted by Gasteiger charge is -2.07. The minimum absolute atomic E-state index is 0.640. The van der Waals surface area contributed by atoms with E-state index < -0.39 is 0 Å². The van der Waals surface area contributed by atoms with E-state index in [0.29, 0.717) is 5.89 Å². The largest absolute Gasteiger partial charge is 0.455 e. The molecule has 2 aromatic heterocycles. The lowest BCUT2D eigenvalue weighted by atomic mass is 9.97. The Balaban J connectivity index is 1.07. The summed E-state index contributed by atoms with van der Waals surface area (Å²) >= 11 is 0. The number of hydrogen-bond acceptors (Lipinski definition) is 3. The molecule has 0 radical (unpaired) electrons. The van der Waals surface area contributed by atoms with Crippen molar-refractivity contribution >= 4 is 54.6 Å². The fourth-order valence-electron chi connectivity index (χ4n) is 6.86. The van der Waals surface area contributed by atoms with Crippen molar-refractivity contribution in [2.75, 3.05) is 0 Å². The van der Waals surface area contributed by atoms with Crippen molar-refractivity contribution in [1.29, 1.82) is 0 Å². The van der Waals surface area contributed by atoms with Crippen LogP contribution in [0.4, 0.5) is 0 Å². The predicted octanol–water partition coefficient (Wildman–Crippen LogP) is 11.0. The van der Waals surface area contributed by atoms with Crippen LogP contribution in [0.15, 0.2) is 136 Å². The smallest absolute Gasteiger partial charge is 0.227 e. The van der Waals surface area contributed by atoms with Crippen LogP contribution in [0, 0.1) is 0 Å². The molecule has 2 heterocycles. The zero-order valence-electron chi connectivity index (χ0n) is 22.4. The van der Waals surface area contributed by atoms with Gasteiger partial charge in [-0.05, 0) is 75.2 Å². The molecular weight excluding hydrogens is 514 g/mol. The van der Waals surface area contributed by atoms with Crippen molar-refractivity contribution in [3.05, 3.63) is 127 Å². The number of benzene rings is 7. The maximum atomic E-state index is 6.37. The quantitative estimate of drug-likeness (QED) is 0.221. The van der Waals surface area contributed by atoms with Crippen LogP contribution in [0.3, 0.4) is 0 Å². The number of para-hydroxylation sites is 1. The SMILES string of the molecule is c1ccc2c(c1)ccc1nc(-c3ccc(-c4ccc5c(c4)-c4cccc6c4c-5cc4c5ccccc5oc64)cc3)oc12. The highest BCUT2D eigenvalue weighted by Gasteiger charge is 2.25. The summed E-state index contributed by atoms with van der Waals surface area (Å²) in [4.78, 5) is 4.79. The lowest BCUT2D eigenvalue weighted by Crippen LogP contribution is -1.83. The van der Waals surface area contributed by atoms with E-state index in [4.69, 9.17) is 13.8 Å². The molecule has 0 N–H and O–H groups in total. The first-order chi connectivity index (χ1) is 20.8. The van der Waals surface area contributed by atoms with Crippen LogP contribution in [-0.4, -0.2) is 4.98 Å². The summed E-state index contributed by atoms with van der Waals surface area (Å²) in [6.07, 6.45) is 0. The summed E-state index contributed by atoms with van der Waals surface area (Å²) in [5.74, 6) is 0.640. The first-order valence-electron chi connectivity index (χ1n) is 14.2. The van der Waals surface area contributed by atoms with Gasteiger partial charge in [0.1, 0.15) is 16.7 Å². The van der Waals surface area contributed by atoms with Gasteiger partial charge in [0.25, 0.3) is 0 Å². The number of oxazole rings is 1. The van der Waals surface area contributed by atoms with E-state index in [1.165, 1.54) is 44.0 Å². The molecular formula is C39H21NO2. The molecule has 0 fully saturated rings. The van der Waals surface area contributed by atoms with Crippen molar-refractivity contribution in [1.82, 2.24) is 4.98 Å². The average molecular weight is 536 g/mol. The average Bonchev–Trinajstić information content (AvgIpc) is 3.75. The molecule has 9 aromatic rings. The van der Waals surface area contributed by atoms with Gasteiger partial charge in [0, 0.05) is 32.5 Å². The van der Waals surface area contributed by atoms with Gasteiger partial charge in [-0.2, -0.15) is 0 Å². The standard InChI is InChI=1S/C39H21NO2/c1-2-7-26-23(6-1)17-19-34-38(26)42-39(40-34)24-14-12-22(13-15-24)25-16-18-27-31(20-25)29-9-5-10-30-36(29)32(27)21-33-28-8-3-4-11-35(28)41-37(30)33/h1-21H. The van der Waals surface area contributed by atoms with Gasteiger partial charge in [0.2, 0.25) is 5.89 Å². The van der Waals surface area contributed by atoms with Gasteiger partial charge in [-0.25, -0.2) is 4.98 Å². The van der Waals surface area contributed by atoms with Crippen LogP contribution in [-0.2, 0) is 0 Å². The van der Waals surface area contributed by atoms with Crippen LogP contribution < -0.4 is 0 Å². The molecule has 0 bridgehead atoms. The fraction of sp³-hybridized carbons (Fsp3) is 0. The molecule has 0 unspecified atom stereocenters. The molecule has 0 saturated heterocycles. The van der Waals surface area contributed by atoms with Gasteiger partial charge >= 0.3 is 0 Å². The molecule has 0 saturated carbocycles. The van der Waals surface area contributed by atoms with Gasteiger partial charge in [0.05, 0.1) is 0 Å². The molecule has 194 valence electrons. The van der Waals surface area contributed by atoms with E-state index in [1.807, 2.05) is 30.3 Å². The third-order valence-electron chi connectivity index (χ3n) is 8.85. The van der Waals surface area contributed by atoms with Crippen LogP contribution >= 0.6 is 0 Å². The van der Waals surface area contributed by atoms with Crippen LogP contribution in [0.25, 0.3) is 99.4 Å². The number of furan rings is 1. The fourth-order valence-corrected chi connectivity index (χ4v) is 6.86. The van der Waals surface area contributed by atoms with Crippen molar-refractivity contribution in [3.63, 3.8) is 0 Å².